The third-order valence-corrected chi connectivity index (χ3v) is 5.42. The molecule has 4 unspecified atom stereocenters. The van der Waals surface area contributed by atoms with Crippen LogP contribution in [0.5, 0.6) is 0 Å². The molecule has 0 aromatic heterocycles. The first-order valence-corrected chi connectivity index (χ1v) is 7.50. The van der Waals surface area contributed by atoms with Crippen LogP contribution in [-0.2, 0) is 0 Å². The van der Waals surface area contributed by atoms with E-state index >= 15 is 0 Å². The molecule has 2 nitrogen and oxygen atoms in total. The molecule has 0 aromatic carbocycles. The second kappa shape index (κ2) is 5.27. The van der Waals surface area contributed by atoms with Gasteiger partial charge in [0.2, 0.25) is 0 Å². The fourth-order valence-corrected chi connectivity index (χ4v) is 4.16. The lowest BCUT2D eigenvalue weighted by molar-refractivity contribution is 0.0487. The zero-order chi connectivity index (χ0) is 12.5. The van der Waals surface area contributed by atoms with E-state index in [0.717, 1.165) is 24.4 Å². The highest BCUT2D eigenvalue weighted by atomic mass is 15.2. The number of likely N-dealkylation sites (N-methyl/N-ethyl adjacent to an activating group) is 1. The van der Waals surface area contributed by atoms with Gasteiger partial charge in [-0.2, -0.15) is 0 Å². The van der Waals surface area contributed by atoms with Crippen molar-refractivity contribution >= 4 is 0 Å². The number of nitrogens with zero attached hydrogens (tertiary/aromatic N) is 1. The smallest absolute Gasteiger partial charge is 0.0334 e. The summed E-state index contributed by atoms with van der Waals surface area (Å²) in [5.74, 6) is 1.77. The minimum atomic E-state index is 0.321. The predicted molar refractivity (Wildman–Crippen MR) is 74.0 cm³/mol. The molecule has 0 aromatic rings. The average Bonchev–Trinajstić information content (AvgIpc) is 2.71. The van der Waals surface area contributed by atoms with Gasteiger partial charge in [-0.3, -0.25) is 4.90 Å². The van der Waals surface area contributed by atoms with Crippen molar-refractivity contribution in [2.75, 3.05) is 13.6 Å². The van der Waals surface area contributed by atoms with Crippen molar-refractivity contribution < 1.29 is 0 Å². The Bertz CT molecular complexity index is 253. The third kappa shape index (κ3) is 2.68. The zero-order valence-corrected chi connectivity index (χ0v) is 11.9. The molecule has 0 aliphatic heterocycles. The quantitative estimate of drug-likeness (QED) is 0.819. The van der Waals surface area contributed by atoms with Gasteiger partial charge in [-0.1, -0.05) is 26.7 Å². The minimum absolute atomic E-state index is 0.321. The fourth-order valence-electron chi connectivity index (χ4n) is 4.16. The van der Waals surface area contributed by atoms with Gasteiger partial charge in [0.15, 0.2) is 0 Å². The van der Waals surface area contributed by atoms with Crippen molar-refractivity contribution in [1.29, 1.82) is 0 Å². The van der Waals surface area contributed by atoms with Crippen LogP contribution in [0.4, 0.5) is 0 Å². The predicted octanol–water partition coefficient (Wildman–Crippen LogP) is 3.01. The van der Waals surface area contributed by atoms with Gasteiger partial charge in [0.25, 0.3) is 0 Å². The van der Waals surface area contributed by atoms with Gasteiger partial charge in [0, 0.05) is 18.1 Å². The van der Waals surface area contributed by atoms with Gasteiger partial charge in [0.05, 0.1) is 0 Å². The molecule has 0 amide bonds. The Balaban J connectivity index is 2.04. The van der Waals surface area contributed by atoms with E-state index in [1.807, 2.05) is 0 Å². The van der Waals surface area contributed by atoms with Gasteiger partial charge in [-0.05, 0) is 51.0 Å². The molecule has 2 N–H and O–H groups in total. The number of rotatable bonds is 3. The first-order chi connectivity index (χ1) is 8.07. The second-order valence-electron chi connectivity index (χ2n) is 6.81. The highest BCUT2D eigenvalue weighted by Gasteiger charge is 2.42. The lowest BCUT2D eigenvalue weighted by Gasteiger charge is -2.45. The van der Waals surface area contributed by atoms with E-state index in [0.29, 0.717) is 5.54 Å². The maximum absolute atomic E-state index is 6.13. The fraction of sp³-hybridized carbons (Fsp3) is 1.00. The summed E-state index contributed by atoms with van der Waals surface area (Å²) >= 11 is 0. The van der Waals surface area contributed by atoms with Crippen LogP contribution >= 0.6 is 0 Å². The summed E-state index contributed by atoms with van der Waals surface area (Å²) in [6.07, 6.45) is 9.59. The van der Waals surface area contributed by atoms with E-state index in [4.69, 9.17) is 5.73 Å². The molecule has 0 bridgehead atoms. The van der Waals surface area contributed by atoms with Gasteiger partial charge < -0.3 is 5.73 Å². The Morgan fingerprint density at radius 3 is 2.47 bits per heavy atom. The van der Waals surface area contributed by atoms with Gasteiger partial charge >= 0.3 is 0 Å². The van der Waals surface area contributed by atoms with E-state index in [2.05, 4.69) is 25.8 Å². The van der Waals surface area contributed by atoms with Crippen LogP contribution < -0.4 is 5.73 Å². The van der Waals surface area contributed by atoms with Gasteiger partial charge in [-0.25, -0.2) is 0 Å². The summed E-state index contributed by atoms with van der Waals surface area (Å²) in [7, 11) is 2.34. The Kier molecular flexibility index (Phi) is 4.14. The third-order valence-electron chi connectivity index (χ3n) is 5.42. The summed E-state index contributed by atoms with van der Waals surface area (Å²) in [6.45, 7) is 5.64. The molecular weight excluding hydrogens is 208 g/mol. The lowest BCUT2D eigenvalue weighted by Crippen LogP contribution is -2.55. The van der Waals surface area contributed by atoms with Crippen molar-refractivity contribution in [3.05, 3.63) is 0 Å². The topological polar surface area (TPSA) is 29.3 Å². The summed E-state index contributed by atoms with van der Waals surface area (Å²) in [4.78, 5) is 2.67. The summed E-state index contributed by atoms with van der Waals surface area (Å²) in [5, 5.41) is 0. The van der Waals surface area contributed by atoms with Crippen LogP contribution in [0.25, 0.3) is 0 Å². The average molecular weight is 238 g/mol. The van der Waals surface area contributed by atoms with Crippen LogP contribution in [0.15, 0.2) is 0 Å². The Morgan fingerprint density at radius 1 is 1.18 bits per heavy atom. The maximum atomic E-state index is 6.13. The molecule has 2 heteroatoms. The molecule has 0 spiro atoms. The summed E-state index contributed by atoms with van der Waals surface area (Å²) in [5.41, 5.74) is 6.45. The first-order valence-electron chi connectivity index (χ1n) is 7.50. The molecule has 2 fully saturated rings. The second-order valence-corrected chi connectivity index (χ2v) is 6.81. The molecule has 17 heavy (non-hydrogen) atoms. The van der Waals surface area contributed by atoms with Crippen molar-refractivity contribution in [3.8, 4) is 0 Å². The van der Waals surface area contributed by atoms with Crippen molar-refractivity contribution in [1.82, 2.24) is 4.90 Å². The van der Waals surface area contributed by atoms with Crippen molar-refractivity contribution in [2.45, 2.75) is 70.4 Å². The van der Waals surface area contributed by atoms with Crippen LogP contribution in [0, 0.1) is 11.8 Å². The van der Waals surface area contributed by atoms with E-state index in [-0.39, 0.29) is 0 Å². The molecule has 2 aliphatic rings. The van der Waals surface area contributed by atoms with E-state index < -0.39 is 0 Å². The lowest BCUT2D eigenvalue weighted by atomic mass is 9.83. The van der Waals surface area contributed by atoms with Crippen LogP contribution in [0.3, 0.4) is 0 Å². The largest absolute Gasteiger partial charge is 0.329 e. The maximum Gasteiger partial charge on any atom is 0.0334 e. The van der Waals surface area contributed by atoms with Gasteiger partial charge in [0.1, 0.15) is 0 Å². The zero-order valence-electron chi connectivity index (χ0n) is 11.9. The Hall–Kier alpha value is -0.0800. The van der Waals surface area contributed by atoms with E-state index in [9.17, 15) is 0 Å². The molecule has 4 atom stereocenters. The number of hydrogen-bond acceptors (Lipinski definition) is 2. The Morgan fingerprint density at radius 2 is 1.94 bits per heavy atom. The minimum Gasteiger partial charge on any atom is -0.329 e. The Labute approximate surface area is 107 Å². The molecule has 0 heterocycles. The first kappa shape index (κ1) is 13.4. The molecule has 2 saturated carbocycles. The molecule has 2 rings (SSSR count). The van der Waals surface area contributed by atoms with Crippen LogP contribution in [-0.4, -0.2) is 30.1 Å². The van der Waals surface area contributed by atoms with Crippen LogP contribution in [0.2, 0.25) is 0 Å². The SMILES string of the molecule is CC1CCCC(N(C)C2(CN)CCC(C)C2)C1. The number of nitrogens with two attached hydrogens (primary N) is 1. The highest BCUT2D eigenvalue weighted by Crippen LogP contribution is 2.41. The molecule has 2 aliphatic carbocycles. The molecule has 0 radical (unpaired) electrons. The standard InChI is InChI=1S/C15H30N2/c1-12-5-4-6-14(9-12)17(3)15(11-16)8-7-13(2)10-15/h12-14H,4-11,16H2,1-3H3. The molecular formula is C15H30N2. The van der Waals surface area contributed by atoms with E-state index in [1.165, 1.54) is 44.9 Å². The molecule has 100 valence electrons. The van der Waals surface area contributed by atoms with Gasteiger partial charge in [-0.15, -0.1) is 0 Å². The van der Waals surface area contributed by atoms with E-state index in [1.54, 1.807) is 0 Å². The monoisotopic (exact) mass is 238 g/mol. The number of hydrogen-bond donors (Lipinski definition) is 1. The molecule has 0 saturated heterocycles. The highest BCUT2D eigenvalue weighted by molar-refractivity contribution is 4.99. The normalized spacial score (nSPS) is 43.2. The van der Waals surface area contributed by atoms with Crippen molar-refractivity contribution in [3.63, 3.8) is 0 Å². The van der Waals surface area contributed by atoms with Crippen molar-refractivity contribution in [2.24, 2.45) is 17.6 Å². The summed E-state index contributed by atoms with van der Waals surface area (Å²) < 4.78 is 0. The van der Waals surface area contributed by atoms with Crippen LogP contribution in [0.1, 0.15) is 58.8 Å². The summed E-state index contributed by atoms with van der Waals surface area (Å²) in [6, 6.07) is 0.785.